The number of thiazole rings is 1. The first kappa shape index (κ1) is 25.0. The van der Waals surface area contributed by atoms with Gasteiger partial charge in [-0.3, -0.25) is 14.2 Å². The zero-order chi connectivity index (χ0) is 27.1. The molecule has 1 amide bonds. The Labute approximate surface area is 233 Å². The van der Waals surface area contributed by atoms with E-state index in [4.69, 9.17) is 4.99 Å². The van der Waals surface area contributed by atoms with E-state index in [0.717, 1.165) is 27.5 Å². The first-order chi connectivity index (χ1) is 18.9. The van der Waals surface area contributed by atoms with Crippen LogP contribution in [0.3, 0.4) is 0 Å². The summed E-state index contributed by atoms with van der Waals surface area (Å²) in [5.41, 5.74) is 5.82. The molecule has 5 aromatic rings. The maximum absolute atomic E-state index is 14.0. The van der Waals surface area contributed by atoms with Gasteiger partial charge in [0.2, 0.25) is 0 Å². The number of fused-ring (bicyclic) bond motifs is 1. The quantitative estimate of drug-likeness (QED) is 0.321. The maximum Gasteiger partial charge on any atom is 0.271 e. The van der Waals surface area contributed by atoms with Crippen molar-refractivity contribution < 1.29 is 4.79 Å². The van der Waals surface area contributed by atoms with Crippen molar-refractivity contribution in [3.63, 3.8) is 0 Å². The van der Waals surface area contributed by atoms with Gasteiger partial charge in [-0.25, -0.2) is 4.99 Å². The van der Waals surface area contributed by atoms with Crippen LogP contribution in [0.4, 0.5) is 5.69 Å². The van der Waals surface area contributed by atoms with Crippen LogP contribution in [0.1, 0.15) is 34.8 Å². The molecule has 0 radical (unpaired) electrons. The van der Waals surface area contributed by atoms with E-state index >= 15 is 0 Å². The number of allylic oxidation sites excluding steroid dienone is 1. The van der Waals surface area contributed by atoms with Crippen LogP contribution in [-0.4, -0.2) is 15.0 Å². The van der Waals surface area contributed by atoms with Crippen molar-refractivity contribution in [2.45, 2.75) is 26.8 Å². The van der Waals surface area contributed by atoms with Crippen molar-refractivity contribution in [2.24, 2.45) is 4.99 Å². The summed E-state index contributed by atoms with van der Waals surface area (Å²) in [6.07, 6.45) is 1.94. The second-order valence-corrected chi connectivity index (χ2v) is 11.4. The molecule has 6 nitrogen and oxygen atoms in total. The Hall–Kier alpha value is -4.27. The van der Waals surface area contributed by atoms with Gasteiger partial charge in [0, 0.05) is 27.6 Å². The molecule has 2 aromatic carbocycles. The van der Waals surface area contributed by atoms with Gasteiger partial charge in [-0.05, 0) is 74.2 Å². The molecule has 8 heteroatoms. The number of carbonyl (C=O) groups is 1. The molecule has 1 aliphatic heterocycles. The van der Waals surface area contributed by atoms with Crippen LogP contribution in [0.25, 0.3) is 11.8 Å². The Morgan fingerprint density at radius 1 is 0.974 bits per heavy atom. The molecule has 0 unspecified atom stereocenters. The second kappa shape index (κ2) is 10.1. The molecule has 0 spiro atoms. The highest BCUT2D eigenvalue weighted by Crippen LogP contribution is 2.33. The second-order valence-electron chi connectivity index (χ2n) is 9.41. The number of aromatic nitrogens is 2. The van der Waals surface area contributed by atoms with Crippen molar-refractivity contribution in [1.82, 2.24) is 9.13 Å². The van der Waals surface area contributed by atoms with Gasteiger partial charge in [-0.1, -0.05) is 53.8 Å². The van der Waals surface area contributed by atoms with Gasteiger partial charge in [0.15, 0.2) is 4.80 Å². The molecular formula is C31H26N4O2S2. The highest BCUT2D eigenvalue weighted by molar-refractivity contribution is 7.10. The van der Waals surface area contributed by atoms with Gasteiger partial charge in [0.25, 0.3) is 11.5 Å². The fourth-order valence-electron chi connectivity index (χ4n) is 5.10. The molecule has 0 saturated heterocycles. The summed E-state index contributed by atoms with van der Waals surface area (Å²) in [5, 5.41) is 4.95. The average Bonchev–Trinajstić information content (AvgIpc) is 3.63. The third-order valence-electron chi connectivity index (χ3n) is 6.88. The molecular weight excluding hydrogens is 525 g/mol. The number of aryl methyl sites for hydroxylation is 1. The fraction of sp³-hybridized carbons (Fsp3) is 0.129. The Bertz CT molecular complexity index is 1890. The molecule has 3 aromatic heterocycles. The van der Waals surface area contributed by atoms with Gasteiger partial charge < -0.3 is 9.88 Å². The first-order valence-corrected chi connectivity index (χ1v) is 14.3. The minimum atomic E-state index is -0.552. The molecule has 6 rings (SSSR count). The van der Waals surface area contributed by atoms with Crippen molar-refractivity contribution in [3.8, 4) is 5.69 Å². The van der Waals surface area contributed by atoms with Crippen molar-refractivity contribution >= 4 is 40.3 Å². The number of anilines is 1. The minimum absolute atomic E-state index is 0.154. The van der Waals surface area contributed by atoms with Gasteiger partial charge in [0.1, 0.15) is 6.04 Å². The Kier molecular flexibility index (Phi) is 6.50. The van der Waals surface area contributed by atoms with E-state index in [1.807, 2.05) is 79.0 Å². The molecule has 0 fully saturated rings. The largest absolute Gasteiger partial charge is 0.322 e. The van der Waals surface area contributed by atoms with E-state index in [0.29, 0.717) is 26.3 Å². The lowest BCUT2D eigenvalue weighted by atomic mass is 10.0. The molecule has 0 aliphatic carbocycles. The topological polar surface area (TPSA) is 68.4 Å². The summed E-state index contributed by atoms with van der Waals surface area (Å²) in [6.45, 7) is 5.97. The van der Waals surface area contributed by atoms with E-state index in [1.165, 1.54) is 22.7 Å². The van der Waals surface area contributed by atoms with Crippen LogP contribution in [0.5, 0.6) is 0 Å². The monoisotopic (exact) mass is 550 g/mol. The van der Waals surface area contributed by atoms with Crippen LogP contribution >= 0.6 is 22.7 Å². The fourth-order valence-corrected chi connectivity index (χ4v) is 6.96. The van der Waals surface area contributed by atoms with Crippen LogP contribution in [0, 0.1) is 13.8 Å². The predicted octanol–water partition coefficient (Wildman–Crippen LogP) is 5.34. The molecule has 1 atom stereocenters. The van der Waals surface area contributed by atoms with Gasteiger partial charge >= 0.3 is 0 Å². The third-order valence-corrected chi connectivity index (χ3v) is 8.79. The summed E-state index contributed by atoms with van der Waals surface area (Å²) in [6, 6.07) is 25.0. The van der Waals surface area contributed by atoms with Crippen LogP contribution in [0.15, 0.2) is 105 Å². The number of nitrogens with one attached hydrogen (secondary N) is 1. The number of hydrogen-bond donors (Lipinski definition) is 1. The highest BCUT2D eigenvalue weighted by Gasteiger charge is 2.33. The lowest BCUT2D eigenvalue weighted by Gasteiger charge is -2.24. The summed E-state index contributed by atoms with van der Waals surface area (Å²) in [5.74, 6) is -0.262. The van der Waals surface area contributed by atoms with E-state index in [2.05, 4.69) is 41.9 Å². The number of benzene rings is 2. The number of thiophene rings is 1. The lowest BCUT2D eigenvalue weighted by Crippen LogP contribution is -2.40. The number of carbonyl (C=O) groups excluding carboxylic acids is 1. The lowest BCUT2D eigenvalue weighted by molar-refractivity contribution is -0.113. The van der Waals surface area contributed by atoms with Crippen molar-refractivity contribution in [1.29, 1.82) is 0 Å². The van der Waals surface area contributed by atoms with Crippen LogP contribution < -0.4 is 20.2 Å². The SMILES string of the molecule is CC1=C(C(=O)Nc2ccccc2)[C@@H](c2cccs2)n2c(s/c(=C\c3cc(C)n(-c4ccccc4)c3C)c2=O)=N1. The van der Waals surface area contributed by atoms with E-state index in [9.17, 15) is 9.59 Å². The zero-order valence-electron chi connectivity index (χ0n) is 21.7. The van der Waals surface area contributed by atoms with E-state index in [-0.39, 0.29) is 11.5 Å². The Balaban J connectivity index is 1.47. The molecule has 0 saturated carbocycles. The smallest absolute Gasteiger partial charge is 0.271 e. The molecule has 4 heterocycles. The Morgan fingerprint density at radius 2 is 1.69 bits per heavy atom. The van der Waals surface area contributed by atoms with Crippen LogP contribution in [-0.2, 0) is 4.79 Å². The summed E-state index contributed by atoms with van der Waals surface area (Å²) in [7, 11) is 0. The van der Waals surface area contributed by atoms with Gasteiger partial charge in [-0.2, -0.15) is 0 Å². The summed E-state index contributed by atoms with van der Waals surface area (Å²) < 4.78 is 4.44. The molecule has 39 heavy (non-hydrogen) atoms. The van der Waals surface area contributed by atoms with E-state index in [1.54, 1.807) is 4.57 Å². The Morgan fingerprint density at radius 3 is 2.38 bits per heavy atom. The van der Waals surface area contributed by atoms with E-state index < -0.39 is 6.04 Å². The number of rotatable bonds is 5. The highest BCUT2D eigenvalue weighted by atomic mass is 32.1. The average molecular weight is 551 g/mol. The number of amides is 1. The molecule has 1 aliphatic rings. The summed E-state index contributed by atoms with van der Waals surface area (Å²) in [4.78, 5) is 33.8. The van der Waals surface area contributed by atoms with Gasteiger partial charge in [0.05, 0.1) is 15.8 Å². The third kappa shape index (κ3) is 4.51. The van der Waals surface area contributed by atoms with Gasteiger partial charge in [-0.15, -0.1) is 11.3 Å². The molecule has 1 N–H and O–H groups in total. The van der Waals surface area contributed by atoms with Crippen molar-refractivity contribution in [2.75, 3.05) is 5.32 Å². The zero-order valence-corrected chi connectivity index (χ0v) is 23.3. The maximum atomic E-state index is 14.0. The first-order valence-electron chi connectivity index (χ1n) is 12.6. The number of para-hydroxylation sites is 2. The normalized spacial score (nSPS) is 15.3. The molecule has 0 bridgehead atoms. The standard InChI is InChI=1S/C31H26N4O2S2/c1-19-17-22(21(3)34(19)24-13-8-5-9-14-24)18-26-30(37)35-28(25-15-10-16-38-25)27(20(2)32-31(35)39-26)29(36)33-23-11-6-4-7-12-23/h4-18,28H,1-3H3,(H,33,36)/b26-18-/t28-/m1/s1. The predicted molar refractivity (Wildman–Crippen MR) is 158 cm³/mol. The van der Waals surface area contributed by atoms with Crippen LogP contribution in [0.2, 0.25) is 0 Å². The van der Waals surface area contributed by atoms with Crippen molar-refractivity contribution in [3.05, 3.63) is 137 Å². The molecule has 194 valence electrons. The number of hydrogen-bond acceptors (Lipinski definition) is 5. The number of nitrogens with zero attached hydrogens (tertiary/aromatic N) is 3. The summed E-state index contributed by atoms with van der Waals surface area (Å²) >= 11 is 2.88. The minimum Gasteiger partial charge on any atom is -0.322 e.